The van der Waals surface area contributed by atoms with Crippen molar-refractivity contribution in [2.24, 2.45) is 5.92 Å². The third-order valence-electron chi connectivity index (χ3n) is 8.08. The van der Waals surface area contributed by atoms with Gasteiger partial charge < -0.3 is 9.47 Å². The maximum absolute atomic E-state index is 15.1. The van der Waals surface area contributed by atoms with Crippen molar-refractivity contribution >= 4 is 0 Å². The van der Waals surface area contributed by atoms with E-state index in [1.807, 2.05) is 6.08 Å². The highest BCUT2D eigenvalue weighted by molar-refractivity contribution is 5.71. The van der Waals surface area contributed by atoms with Crippen LogP contribution < -0.4 is 0 Å². The molecule has 3 aromatic carbocycles. The first-order chi connectivity index (χ1) is 20.4. The topological polar surface area (TPSA) is 18.5 Å². The summed E-state index contributed by atoms with van der Waals surface area (Å²) in [4.78, 5) is 0. The molecule has 4 rings (SSSR count). The van der Waals surface area contributed by atoms with Gasteiger partial charge in [-0.25, -0.2) is 17.6 Å². The number of halogens is 4. The molecule has 1 aliphatic rings. The van der Waals surface area contributed by atoms with E-state index >= 15 is 13.2 Å². The van der Waals surface area contributed by atoms with Crippen LogP contribution in [0.15, 0.2) is 61.2 Å². The van der Waals surface area contributed by atoms with Crippen LogP contribution in [0.5, 0.6) is 0 Å². The average Bonchev–Trinajstić information content (AvgIpc) is 3.01. The second-order valence-electron chi connectivity index (χ2n) is 11.3. The third kappa shape index (κ3) is 8.11. The van der Waals surface area contributed by atoms with Crippen LogP contribution in [0.25, 0.3) is 22.3 Å². The van der Waals surface area contributed by atoms with Crippen LogP contribution >= 0.6 is 0 Å². The molecule has 1 heterocycles. The van der Waals surface area contributed by atoms with Gasteiger partial charge in [-0.2, -0.15) is 0 Å². The van der Waals surface area contributed by atoms with Crippen molar-refractivity contribution in [2.75, 3.05) is 13.2 Å². The van der Waals surface area contributed by atoms with E-state index in [0.717, 1.165) is 32.1 Å². The van der Waals surface area contributed by atoms with E-state index in [4.69, 9.17) is 9.47 Å². The molecule has 0 amide bonds. The summed E-state index contributed by atoms with van der Waals surface area (Å²) in [5.74, 6) is -3.55. The molecular weight excluding hydrogens is 540 g/mol. The second-order valence-corrected chi connectivity index (χ2v) is 11.3. The number of hydrogen-bond donors (Lipinski definition) is 0. The minimum Gasteiger partial charge on any atom is -0.348 e. The van der Waals surface area contributed by atoms with Gasteiger partial charge in [0.25, 0.3) is 0 Å². The number of benzene rings is 3. The maximum atomic E-state index is 15.1. The summed E-state index contributed by atoms with van der Waals surface area (Å²) in [5, 5.41) is 0. The number of rotatable bonds is 15. The first-order valence-electron chi connectivity index (χ1n) is 15.3. The van der Waals surface area contributed by atoms with Crippen LogP contribution in [-0.2, 0) is 15.9 Å². The maximum Gasteiger partial charge on any atom is 0.186 e. The molecule has 3 aromatic rings. The van der Waals surface area contributed by atoms with Gasteiger partial charge in [0.05, 0.1) is 13.2 Å². The SMILES string of the molecule is C=CCCC1COC(c2ccc(-c3ccc(-c4ccc(CCCCCCCCCC)c(F)c4F)cc3)c(F)c2F)OC1. The van der Waals surface area contributed by atoms with E-state index in [9.17, 15) is 4.39 Å². The molecule has 0 saturated carbocycles. The summed E-state index contributed by atoms with van der Waals surface area (Å²) in [6.45, 7) is 6.71. The fourth-order valence-electron chi connectivity index (χ4n) is 5.50. The summed E-state index contributed by atoms with van der Waals surface area (Å²) >= 11 is 0. The van der Waals surface area contributed by atoms with E-state index in [1.54, 1.807) is 36.4 Å². The van der Waals surface area contributed by atoms with Crippen LogP contribution in [0.1, 0.15) is 88.5 Å². The molecular formula is C36H42F4O2. The summed E-state index contributed by atoms with van der Waals surface area (Å²) < 4.78 is 71.5. The highest BCUT2D eigenvalue weighted by Crippen LogP contribution is 2.35. The molecule has 226 valence electrons. The van der Waals surface area contributed by atoms with E-state index in [-0.39, 0.29) is 22.6 Å². The standard InChI is InChI=1S/C36H42F4O2/c1-3-5-7-8-9-10-11-12-14-28-19-20-29(33(38)32(28)37)26-15-17-27(18-16-26)30-21-22-31(35(40)34(30)39)36-41-23-25(24-42-36)13-6-4-2/h4,15-22,25,36H,2-3,5-14,23-24H2,1H3. The molecule has 1 fully saturated rings. The molecule has 0 bridgehead atoms. The van der Waals surface area contributed by atoms with Crippen molar-refractivity contribution in [3.8, 4) is 22.3 Å². The molecule has 1 saturated heterocycles. The number of ether oxygens (including phenoxy) is 2. The highest BCUT2D eigenvalue weighted by atomic mass is 19.2. The van der Waals surface area contributed by atoms with Gasteiger partial charge in [0.2, 0.25) is 0 Å². The third-order valence-corrected chi connectivity index (χ3v) is 8.08. The first-order valence-corrected chi connectivity index (χ1v) is 15.3. The summed E-state index contributed by atoms with van der Waals surface area (Å²) in [7, 11) is 0. The van der Waals surface area contributed by atoms with Gasteiger partial charge in [-0.3, -0.25) is 0 Å². The first kappa shape index (κ1) is 32.0. The van der Waals surface area contributed by atoms with Gasteiger partial charge in [-0.1, -0.05) is 106 Å². The quantitative estimate of drug-likeness (QED) is 0.101. The average molecular weight is 583 g/mol. The Morgan fingerprint density at radius 2 is 1.24 bits per heavy atom. The zero-order valence-electron chi connectivity index (χ0n) is 24.6. The molecule has 2 nitrogen and oxygen atoms in total. The fraction of sp³-hybridized carbons (Fsp3) is 0.444. The van der Waals surface area contributed by atoms with Crippen molar-refractivity contribution in [2.45, 2.75) is 83.8 Å². The lowest BCUT2D eigenvalue weighted by Gasteiger charge is -2.29. The Kier molecular flexibility index (Phi) is 12.2. The highest BCUT2D eigenvalue weighted by Gasteiger charge is 2.28. The van der Waals surface area contributed by atoms with Crippen LogP contribution in [0.4, 0.5) is 17.6 Å². The number of unbranched alkanes of at least 4 members (excludes halogenated alkanes) is 7. The Labute approximate surface area is 247 Å². The molecule has 6 heteroatoms. The summed E-state index contributed by atoms with van der Waals surface area (Å²) in [5.41, 5.74) is 1.48. The lowest BCUT2D eigenvalue weighted by atomic mass is 9.96. The monoisotopic (exact) mass is 582 g/mol. The molecule has 0 unspecified atom stereocenters. The zero-order valence-corrected chi connectivity index (χ0v) is 24.6. The van der Waals surface area contributed by atoms with Gasteiger partial charge in [-0.05, 0) is 42.4 Å². The van der Waals surface area contributed by atoms with Gasteiger partial charge in [0, 0.05) is 22.6 Å². The van der Waals surface area contributed by atoms with E-state index in [0.29, 0.717) is 36.3 Å². The molecule has 0 spiro atoms. The zero-order chi connectivity index (χ0) is 29.9. The number of allylic oxidation sites excluding steroid dienone is 1. The van der Waals surface area contributed by atoms with Crippen LogP contribution in [0, 0.1) is 29.2 Å². The van der Waals surface area contributed by atoms with E-state index in [2.05, 4.69) is 13.5 Å². The Morgan fingerprint density at radius 3 is 1.83 bits per heavy atom. The minimum atomic E-state index is -1.02. The van der Waals surface area contributed by atoms with E-state index in [1.165, 1.54) is 44.2 Å². The molecule has 0 atom stereocenters. The fourth-order valence-corrected chi connectivity index (χ4v) is 5.50. The lowest BCUT2D eigenvalue weighted by Crippen LogP contribution is -2.27. The Bertz CT molecular complexity index is 1300. The Morgan fingerprint density at radius 1 is 0.690 bits per heavy atom. The van der Waals surface area contributed by atoms with Crippen molar-refractivity contribution in [1.29, 1.82) is 0 Å². The van der Waals surface area contributed by atoms with Gasteiger partial charge in [-0.15, -0.1) is 6.58 Å². The van der Waals surface area contributed by atoms with Crippen LogP contribution in [0.2, 0.25) is 0 Å². The smallest absolute Gasteiger partial charge is 0.186 e. The van der Waals surface area contributed by atoms with Crippen molar-refractivity contribution in [1.82, 2.24) is 0 Å². The van der Waals surface area contributed by atoms with Gasteiger partial charge >= 0.3 is 0 Å². The molecule has 0 aliphatic carbocycles. The van der Waals surface area contributed by atoms with Gasteiger partial charge in [0.1, 0.15) is 0 Å². The summed E-state index contributed by atoms with van der Waals surface area (Å²) in [6, 6.07) is 12.5. The van der Waals surface area contributed by atoms with Crippen LogP contribution in [0.3, 0.4) is 0 Å². The predicted octanol–water partition coefficient (Wildman–Crippen LogP) is 10.9. The number of aryl methyl sites for hydroxylation is 1. The summed E-state index contributed by atoms with van der Waals surface area (Å²) in [6.07, 6.45) is 12.2. The molecule has 0 N–H and O–H groups in total. The van der Waals surface area contributed by atoms with Crippen molar-refractivity contribution < 1.29 is 27.0 Å². The molecule has 0 aromatic heterocycles. The van der Waals surface area contributed by atoms with Crippen LogP contribution in [-0.4, -0.2) is 13.2 Å². The normalized spacial score (nSPS) is 17.0. The molecule has 1 aliphatic heterocycles. The van der Waals surface area contributed by atoms with E-state index < -0.39 is 29.6 Å². The molecule has 42 heavy (non-hydrogen) atoms. The largest absolute Gasteiger partial charge is 0.348 e. The molecule has 0 radical (unpaired) electrons. The van der Waals surface area contributed by atoms with Crippen molar-refractivity contribution in [3.05, 3.63) is 95.6 Å². The minimum absolute atomic E-state index is 0.0136. The van der Waals surface area contributed by atoms with Crippen molar-refractivity contribution in [3.63, 3.8) is 0 Å². The Hall–Kier alpha value is -2.96. The second kappa shape index (κ2) is 16.0. The Balaban J connectivity index is 1.38. The lowest BCUT2D eigenvalue weighted by molar-refractivity contribution is -0.207. The number of hydrogen-bond acceptors (Lipinski definition) is 2. The van der Waals surface area contributed by atoms with Gasteiger partial charge in [0.15, 0.2) is 29.6 Å². The predicted molar refractivity (Wildman–Crippen MR) is 161 cm³/mol.